The number of aryl methyl sites for hydroxylation is 2. The molecule has 0 heterocycles. The van der Waals surface area contributed by atoms with Crippen LogP contribution in [-0.2, 0) is 5.41 Å². The van der Waals surface area contributed by atoms with Crippen molar-refractivity contribution in [2.75, 3.05) is 9.80 Å². The van der Waals surface area contributed by atoms with Crippen molar-refractivity contribution in [1.82, 2.24) is 0 Å². The average molecular weight is 681 g/mol. The summed E-state index contributed by atoms with van der Waals surface area (Å²) in [6, 6.07) is 62.9. The number of para-hydroxylation sites is 2. The van der Waals surface area contributed by atoms with Gasteiger partial charge in [-0.15, -0.1) is 0 Å². The highest BCUT2D eigenvalue weighted by Crippen LogP contribution is 2.64. The van der Waals surface area contributed by atoms with E-state index in [1.54, 1.807) is 0 Å². The van der Waals surface area contributed by atoms with Gasteiger partial charge >= 0.3 is 0 Å². The van der Waals surface area contributed by atoms with E-state index in [2.05, 4.69) is 206 Å². The molecule has 10 rings (SSSR count). The highest BCUT2D eigenvalue weighted by atomic mass is 15.1. The third-order valence-corrected chi connectivity index (χ3v) is 11.4. The second kappa shape index (κ2) is 12.4. The van der Waals surface area contributed by atoms with Crippen molar-refractivity contribution in [2.45, 2.75) is 32.1 Å². The molecule has 0 atom stereocenters. The first kappa shape index (κ1) is 31.4. The molecule has 3 aliphatic carbocycles. The van der Waals surface area contributed by atoms with Gasteiger partial charge in [-0.1, -0.05) is 109 Å². The largest absolute Gasteiger partial charge is 0.310 e. The van der Waals surface area contributed by atoms with Crippen LogP contribution in [0.2, 0.25) is 0 Å². The van der Waals surface area contributed by atoms with E-state index >= 15 is 0 Å². The molecule has 3 aliphatic rings. The van der Waals surface area contributed by atoms with Crippen molar-refractivity contribution < 1.29 is 0 Å². The maximum absolute atomic E-state index is 2.50. The first-order chi connectivity index (χ1) is 26.1. The van der Waals surface area contributed by atoms with E-state index in [1.807, 2.05) is 0 Å². The number of hydrogen-bond donors (Lipinski definition) is 0. The molecule has 2 nitrogen and oxygen atoms in total. The van der Waals surface area contributed by atoms with Crippen LogP contribution >= 0.6 is 0 Å². The van der Waals surface area contributed by atoms with Gasteiger partial charge in [0.15, 0.2) is 0 Å². The van der Waals surface area contributed by atoms with E-state index < -0.39 is 5.41 Å². The zero-order valence-corrected chi connectivity index (χ0v) is 30.1. The topological polar surface area (TPSA) is 6.48 Å². The maximum atomic E-state index is 2.50. The SMILES string of the molecule is Cc1cccc(N(c2ccccc2)c2ccc3c(c2)C2(C4=C(CCC=C4)c4ccccc42)c2cc(N(c4ccccc4)c4cccc(C)c4)ccc2-3)c1. The minimum atomic E-state index is -0.455. The summed E-state index contributed by atoms with van der Waals surface area (Å²) in [5.74, 6) is 0. The van der Waals surface area contributed by atoms with Gasteiger partial charge in [0.25, 0.3) is 0 Å². The molecule has 0 saturated heterocycles. The average Bonchev–Trinajstić information content (AvgIpc) is 3.66. The van der Waals surface area contributed by atoms with Crippen molar-refractivity contribution in [3.8, 4) is 11.1 Å². The van der Waals surface area contributed by atoms with Crippen LogP contribution in [0, 0.1) is 13.8 Å². The lowest BCUT2D eigenvalue weighted by Gasteiger charge is -2.34. The Kier molecular flexibility index (Phi) is 7.33. The van der Waals surface area contributed by atoms with Gasteiger partial charge in [-0.05, 0) is 155 Å². The van der Waals surface area contributed by atoms with E-state index in [0.29, 0.717) is 0 Å². The second-order valence-electron chi connectivity index (χ2n) is 14.6. The summed E-state index contributed by atoms with van der Waals surface area (Å²) in [4.78, 5) is 4.83. The fraction of sp³-hybridized carbons (Fsp3) is 0.0980. The van der Waals surface area contributed by atoms with Crippen LogP contribution in [0.3, 0.4) is 0 Å². The van der Waals surface area contributed by atoms with Gasteiger partial charge in [-0.2, -0.15) is 0 Å². The fourth-order valence-corrected chi connectivity index (χ4v) is 9.25. The summed E-state index contributed by atoms with van der Waals surface area (Å²) in [7, 11) is 0. The lowest BCUT2D eigenvalue weighted by molar-refractivity contribution is 0.780. The molecule has 53 heavy (non-hydrogen) atoms. The van der Waals surface area contributed by atoms with E-state index in [1.165, 1.54) is 55.7 Å². The molecule has 0 bridgehead atoms. The fourth-order valence-electron chi connectivity index (χ4n) is 9.25. The van der Waals surface area contributed by atoms with Crippen LogP contribution in [0.5, 0.6) is 0 Å². The van der Waals surface area contributed by atoms with Gasteiger partial charge in [0.2, 0.25) is 0 Å². The lowest BCUT2D eigenvalue weighted by Crippen LogP contribution is -2.27. The molecule has 7 aromatic carbocycles. The summed E-state index contributed by atoms with van der Waals surface area (Å²) in [5, 5.41) is 0. The summed E-state index contributed by atoms with van der Waals surface area (Å²) < 4.78 is 0. The lowest BCUT2D eigenvalue weighted by atomic mass is 9.69. The Balaban J connectivity index is 1.25. The molecule has 1 spiro atoms. The monoisotopic (exact) mass is 680 g/mol. The van der Waals surface area contributed by atoms with E-state index in [9.17, 15) is 0 Å². The van der Waals surface area contributed by atoms with Gasteiger partial charge in [0.05, 0.1) is 5.41 Å². The van der Waals surface area contributed by atoms with Crippen LogP contribution in [0.1, 0.15) is 46.2 Å². The number of benzene rings is 7. The number of nitrogens with zero attached hydrogens (tertiary/aromatic N) is 2. The normalized spacial score (nSPS) is 14.5. The predicted molar refractivity (Wildman–Crippen MR) is 222 cm³/mol. The molecule has 0 aliphatic heterocycles. The number of hydrogen-bond acceptors (Lipinski definition) is 2. The van der Waals surface area contributed by atoms with Crippen LogP contribution in [-0.4, -0.2) is 0 Å². The molecule has 7 aromatic rings. The Bertz CT molecular complexity index is 2460. The number of rotatable bonds is 6. The molecule has 0 radical (unpaired) electrons. The van der Waals surface area contributed by atoms with Crippen molar-refractivity contribution in [2.24, 2.45) is 0 Å². The smallest absolute Gasteiger partial charge is 0.0723 e. The van der Waals surface area contributed by atoms with Gasteiger partial charge in [-0.25, -0.2) is 0 Å². The van der Waals surface area contributed by atoms with Crippen LogP contribution in [0.25, 0.3) is 16.7 Å². The number of allylic oxidation sites excluding steroid dienone is 4. The maximum Gasteiger partial charge on any atom is 0.0723 e. The minimum Gasteiger partial charge on any atom is -0.310 e. The third kappa shape index (κ3) is 4.86. The predicted octanol–water partition coefficient (Wildman–Crippen LogP) is 13.7. The Hall–Kier alpha value is -6.38. The Morgan fingerprint density at radius 1 is 0.415 bits per heavy atom. The van der Waals surface area contributed by atoms with E-state index in [0.717, 1.165) is 47.0 Å². The van der Waals surface area contributed by atoms with Crippen molar-refractivity contribution in [1.29, 1.82) is 0 Å². The molecule has 0 fully saturated rings. The molecule has 254 valence electrons. The summed E-state index contributed by atoms with van der Waals surface area (Å²) in [5.41, 5.74) is 19.9. The quantitative estimate of drug-likeness (QED) is 0.172. The zero-order chi connectivity index (χ0) is 35.5. The molecular weight excluding hydrogens is 641 g/mol. The summed E-state index contributed by atoms with van der Waals surface area (Å²) in [6.45, 7) is 4.35. The van der Waals surface area contributed by atoms with Crippen LogP contribution in [0.15, 0.2) is 188 Å². The standard InChI is InChI=1S/C51H40N2/c1-35-15-13-21-39(31-35)52(37-17-5-3-6-18-37)41-27-29-45-46-30-28-42(53(38-19-7-4-8-20-38)40-22-14-16-36(2)32-40)34-50(46)51(49(45)33-41)47-25-11-9-23-43(47)44-24-10-12-26-48(44)51/h3-9,11-23,25-34H,10,24H2,1-2H3. The Labute approximate surface area is 312 Å². The van der Waals surface area contributed by atoms with Crippen molar-refractivity contribution in [3.05, 3.63) is 221 Å². The number of fused-ring (bicyclic) bond motifs is 9. The van der Waals surface area contributed by atoms with Crippen molar-refractivity contribution >= 4 is 39.7 Å². The van der Waals surface area contributed by atoms with Crippen LogP contribution < -0.4 is 9.80 Å². The highest BCUT2D eigenvalue weighted by molar-refractivity contribution is 5.98. The molecule has 0 unspecified atom stereocenters. The summed E-state index contributed by atoms with van der Waals surface area (Å²) >= 11 is 0. The first-order valence-corrected chi connectivity index (χ1v) is 18.7. The van der Waals surface area contributed by atoms with Crippen LogP contribution in [0.4, 0.5) is 34.1 Å². The van der Waals surface area contributed by atoms with Gasteiger partial charge < -0.3 is 9.80 Å². The van der Waals surface area contributed by atoms with Gasteiger partial charge in [-0.3, -0.25) is 0 Å². The molecular formula is C51H40N2. The molecule has 0 amide bonds. The van der Waals surface area contributed by atoms with Gasteiger partial charge in [0, 0.05) is 34.1 Å². The zero-order valence-electron chi connectivity index (χ0n) is 30.1. The molecule has 2 heteroatoms. The Morgan fingerprint density at radius 3 is 1.45 bits per heavy atom. The number of anilines is 6. The first-order valence-electron chi connectivity index (χ1n) is 18.7. The second-order valence-corrected chi connectivity index (χ2v) is 14.6. The highest BCUT2D eigenvalue weighted by Gasteiger charge is 2.52. The minimum absolute atomic E-state index is 0.455. The third-order valence-electron chi connectivity index (χ3n) is 11.4. The molecule has 0 aromatic heterocycles. The van der Waals surface area contributed by atoms with E-state index in [-0.39, 0.29) is 0 Å². The molecule has 0 saturated carbocycles. The Morgan fingerprint density at radius 2 is 0.906 bits per heavy atom. The van der Waals surface area contributed by atoms with Crippen molar-refractivity contribution in [3.63, 3.8) is 0 Å². The van der Waals surface area contributed by atoms with Gasteiger partial charge in [0.1, 0.15) is 0 Å². The van der Waals surface area contributed by atoms with E-state index in [4.69, 9.17) is 0 Å². The molecule has 0 N–H and O–H groups in total. The summed E-state index contributed by atoms with van der Waals surface area (Å²) in [6.07, 6.45) is 6.95.